The average Bonchev–Trinajstić information content (AvgIpc) is 2.69. The lowest BCUT2D eigenvalue weighted by Crippen LogP contribution is -2.27. The third-order valence-corrected chi connectivity index (χ3v) is 4.08. The Labute approximate surface area is 164 Å². The molecule has 1 aromatic heterocycles. The van der Waals surface area contributed by atoms with Crippen LogP contribution in [0.2, 0.25) is 0 Å². The van der Waals surface area contributed by atoms with E-state index in [1.54, 1.807) is 30.3 Å². The SMILES string of the molecule is CC(=O)Nc1ccc(Nc2ccnc(C(=O)N(C)Cc3ccccc3)c2)cc1. The maximum absolute atomic E-state index is 12.7. The minimum atomic E-state index is -0.145. The molecular formula is C22H22N4O2. The molecule has 6 nitrogen and oxygen atoms in total. The second-order valence-corrected chi connectivity index (χ2v) is 6.46. The van der Waals surface area contributed by atoms with E-state index in [-0.39, 0.29) is 11.8 Å². The number of rotatable bonds is 6. The molecule has 0 radical (unpaired) electrons. The predicted octanol–water partition coefficient (Wildman–Crippen LogP) is 4.06. The Kier molecular flexibility index (Phi) is 6.01. The molecule has 3 rings (SSSR count). The lowest BCUT2D eigenvalue weighted by atomic mass is 10.2. The number of nitrogens with one attached hydrogen (secondary N) is 2. The van der Waals surface area contributed by atoms with Gasteiger partial charge in [-0.1, -0.05) is 30.3 Å². The fourth-order valence-corrected chi connectivity index (χ4v) is 2.76. The molecular weight excluding hydrogens is 352 g/mol. The number of carbonyl (C=O) groups is 2. The van der Waals surface area contributed by atoms with Crippen LogP contribution in [-0.4, -0.2) is 28.7 Å². The molecule has 0 bridgehead atoms. The molecule has 0 atom stereocenters. The second-order valence-electron chi connectivity index (χ2n) is 6.46. The van der Waals surface area contributed by atoms with Crippen molar-refractivity contribution in [2.24, 2.45) is 0 Å². The summed E-state index contributed by atoms with van der Waals surface area (Å²) in [6, 6.07) is 20.7. The fourth-order valence-electron chi connectivity index (χ4n) is 2.76. The van der Waals surface area contributed by atoms with E-state index in [9.17, 15) is 9.59 Å². The fraction of sp³-hybridized carbons (Fsp3) is 0.136. The van der Waals surface area contributed by atoms with Crippen molar-refractivity contribution < 1.29 is 9.59 Å². The van der Waals surface area contributed by atoms with Gasteiger partial charge in [-0.2, -0.15) is 0 Å². The maximum atomic E-state index is 12.7. The summed E-state index contributed by atoms with van der Waals surface area (Å²) in [5, 5.41) is 5.97. The first-order valence-electron chi connectivity index (χ1n) is 8.91. The molecule has 0 aliphatic heterocycles. The molecule has 0 aliphatic rings. The van der Waals surface area contributed by atoms with Crippen LogP contribution < -0.4 is 10.6 Å². The van der Waals surface area contributed by atoms with Gasteiger partial charge in [0.15, 0.2) is 0 Å². The normalized spacial score (nSPS) is 10.2. The number of aromatic nitrogens is 1. The van der Waals surface area contributed by atoms with E-state index in [1.165, 1.54) is 6.92 Å². The zero-order valence-electron chi connectivity index (χ0n) is 15.8. The Morgan fingerprint density at radius 1 is 0.929 bits per heavy atom. The highest BCUT2D eigenvalue weighted by molar-refractivity contribution is 5.93. The Bertz CT molecular complexity index is 956. The van der Waals surface area contributed by atoms with Crippen LogP contribution in [-0.2, 0) is 11.3 Å². The molecule has 0 saturated heterocycles. The molecule has 1 heterocycles. The van der Waals surface area contributed by atoms with Gasteiger partial charge in [0.1, 0.15) is 5.69 Å². The molecule has 6 heteroatoms. The van der Waals surface area contributed by atoms with Gasteiger partial charge in [0.25, 0.3) is 5.91 Å². The number of nitrogens with zero attached hydrogens (tertiary/aromatic N) is 2. The highest BCUT2D eigenvalue weighted by Crippen LogP contribution is 2.20. The van der Waals surface area contributed by atoms with Gasteiger partial charge >= 0.3 is 0 Å². The summed E-state index contributed by atoms with van der Waals surface area (Å²) in [4.78, 5) is 29.6. The zero-order valence-corrected chi connectivity index (χ0v) is 15.8. The van der Waals surface area contributed by atoms with Crippen LogP contribution in [0.15, 0.2) is 72.9 Å². The van der Waals surface area contributed by atoms with E-state index in [0.29, 0.717) is 12.2 Å². The van der Waals surface area contributed by atoms with Gasteiger partial charge in [-0.05, 0) is 42.0 Å². The molecule has 0 unspecified atom stereocenters. The van der Waals surface area contributed by atoms with Crippen LogP contribution in [0.5, 0.6) is 0 Å². The van der Waals surface area contributed by atoms with Crippen LogP contribution in [0.25, 0.3) is 0 Å². The Morgan fingerprint density at radius 2 is 1.61 bits per heavy atom. The van der Waals surface area contributed by atoms with E-state index < -0.39 is 0 Å². The van der Waals surface area contributed by atoms with Gasteiger partial charge in [0.2, 0.25) is 5.91 Å². The first kappa shape index (κ1) is 19.1. The van der Waals surface area contributed by atoms with Crippen molar-refractivity contribution in [2.45, 2.75) is 13.5 Å². The number of anilines is 3. The van der Waals surface area contributed by atoms with Gasteiger partial charge in [0.05, 0.1) is 0 Å². The Hall–Kier alpha value is -3.67. The van der Waals surface area contributed by atoms with Crippen LogP contribution in [0.1, 0.15) is 23.0 Å². The summed E-state index contributed by atoms with van der Waals surface area (Å²) < 4.78 is 0. The molecule has 3 aromatic rings. The first-order chi connectivity index (χ1) is 13.5. The first-order valence-corrected chi connectivity index (χ1v) is 8.91. The number of hydrogen-bond donors (Lipinski definition) is 2. The van der Waals surface area contributed by atoms with Gasteiger partial charge in [0, 0.05) is 43.8 Å². The minimum absolute atomic E-state index is 0.113. The summed E-state index contributed by atoms with van der Waals surface area (Å²) in [5.41, 5.74) is 3.77. The molecule has 0 aliphatic carbocycles. The quantitative estimate of drug-likeness (QED) is 0.682. The molecule has 142 valence electrons. The molecule has 2 aromatic carbocycles. The average molecular weight is 374 g/mol. The van der Waals surface area contributed by atoms with E-state index in [2.05, 4.69) is 15.6 Å². The number of benzene rings is 2. The van der Waals surface area contributed by atoms with Crippen LogP contribution in [0.4, 0.5) is 17.1 Å². The Morgan fingerprint density at radius 3 is 2.29 bits per heavy atom. The summed E-state index contributed by atoms with van der Waals surface area (Å²) in [6.45, 7) is 1.99. The molecule has 28 heavy (non-hydrogen) atoms. The van der Waals surface area contributed by atoms with Crippen LogP contribution >= 0.6 is 0 Å². The molecule has 2 amide bonds. The van der Waals surface area contributed by atoms with Crippen molar-refractivity contribution in [3.63, 3.8) is 0 Å². The monoisotopic (exact) mass is 374 g/mol. The summed E-state index contributed by atoms with van der Waals surface area (Å²) in [6.07, 6.45) is 1.61. The summed E-state index contributed by atoms with van der Waals surface area (Å²) in [5.74, 6) is -0.258. The smallest absolute Gasteiger partial charge is 0.272 e. The zero-order chi connectivity index (χ0) is 19.9. The standard InChI is InChI=1S/C22H22N4O2/c1-16(27)24-18-8-10-19(11-9-18)25-20-12-13-23-21(14-20)22(28)26(2)15-17-6-4-3-5-7-17/h3-14H,15H2,1-2H3,(H,23,25)(H,24,27). The predicted molar refractivity (Wildman–Crippen MR) is 111 cm³/mol. The van der Waals surface area contributed by atoms with E-state index in [4.69, 9.17) is 0 Å². The van der Waals surface area contributed by atoms with Crippen molar-refractivity contribution in [3.8, 4) is 0 Å². The highest BCUT2D eigenvalue weighted by atomic mass is 16.2. The number of amides is 2. The minimum Gasteiger partial charge on any atom is -0.355 e. The van der Waals surface area contributed by atoms with Crippen LogP contribution in [0.3, 0.4) is 0 Å². The van der Waals surface area contributed by atoms with E-state index >= 15 is 0 Å². The van der Waals surface area contributed by atoms with Gasteiger partial charge in [-0.3, -0.25) is 14.6 Å². The summed E-state index contributed by atoms with van der Waals surface area (Å²) >= 11 is 0. The van der Waals surface area contributed by atoms with Gasteiger partial charge in [-0.15, -0.1) is 0 Å². The van der Waals surface area contributed by atoms with E-state index in [1.807, 2.05) is 54.6 Å². The summed E-state index contributed by atoms with van der Waals surface area (Å²) in [7, 11) is 1.76. The van der Waals surface area contributed by atoms with Crippen LogP contribution in [0, 0.1) is 0 Å². The number of carbonyl (C=O) groups excluding carboxylic acids is 2. The maximum Gasteiger partial charge on any atom is 0.272 e. The van der Waals surface area contributed by atoms with Gasteiger partial charge < -0.3 is 15.5 Å². The molecule has 0 fully saturated rings. The number of hydrogen-bond acceptors (Lipinski definition) is 4. The molecule has 2 N–H and O–H groups in total. The number of pyridine rings is 1. The highest BCUT2D eigenvalue weighted by Gasteiger charge is 2.14. The third-order valence-electron chi connectivity index (χ3n) is 4.08. The van der Waals surface area contributed by atoms with Crippen molar-refractivity contribution in [3.05, 3.63) is 84.2 Å². The van der Waals surface area contributed by atoms with Gasteiger partial charge in [-0.25, -0.2) is 0 Å². The van der Waals surface area contributed by atoms with Crippen molar-refractivity contribution >= 4 is 28.9 Å². The second kappa shape index (κ2) is 8.81. The largest absolute Gasteiger partial charge is 0.355 e. The van der Waals surface area contributed by atoms with Crippen molar-refractivity contribution in [1.82, 2.24) is 9.88 Å². The lowest BCUT2D eigenvalue weighted by Gasteiger charge is -2.17. The Balaban J connectivity index is 1.67. The van der Waals surface area contributed by atoms with Crippen molar-refractivity contribution in [1.29, 1.82) is 0 Å². The third kappa shape index (κ3) is 5.17. The molecule has 0 saturated carbocycles. The topological polar surface area (TPSA) is 74.3 Å². The van der Waals surface area contributed by atoms with Crippen molar-refractivity contribution in [2.75, 3.05) is 17.7 Å². The van der Waals surface area contributed by atoms with E-state index in [0.717, 1.165) is 22.6 Å². The molecule has 0 spiro atoms. The lowest BCUT2D eigenvalue weighted by molar-refractivity contribution is -0.114.